The average molecular weight is 444 g/mol. The van der Waals surface area contributed by atoms with E-state index in [-0.39, 0.29) is 17.2 Å². The zero-order valence-corrected chi connectivity index (χ0v) is 17.7. The van der Waals surface area contributed by atoms with Crippen LogP contribution in [0, 0.1) is 23.4 Å². The van der Waals surface area contributed by atoms with Crippen LogP contribution in [-0.2, 0) is 4.74 Å². The SMILES string of the molecule is CC1CCC(c2ccc(-c3ccc(-c4cc(F)c(OCCF)c(F)c4)c(F)c3)cc2)OC1. The number of alkyl halides is 1. The van der Waals surface area contributed by atoms with Gasteiger partial charge in [0, 0.05) is 12.2 Å². The Morgan fingerprint density at radius 1 is 0.844 bits per heavy atom. The Bertz CT molecular complexity index is 1050. The van der Waals surface area contributed by atoms with E-state index in [0.29, 0.717) is 11.5 Å². The molecular formula is C26H24F4O2. The van der Waals surface area contributed by atoms with E-state index in [1.807, 2.05) is 24.3 Å². The molecule has 2 atom stereocenters. The lowest BCUT2D eigenvalue weighted by Gasteiger charge is -2.27. The van der Waals surface area contributed by atoms with Crippen LogP contribution in [0.1, 0.15) is 31.4 Å². The highest BCUT2D eigenvalue weighted by atomic mass is 19.1. The van der Waals surface area contributed by atoms with Crippen LogP contribution in [0.3, 0.4) is 0 Å². The van der Waals surface area contributed by atoms with E-state index in [1.165, 1.54) is 12.1 Å². The Hall–Kier alpha value is -2.86. The fraction of sp³-hybridized carbons (Fsp3) is 0.308. The van der Waals surface area contributed by atoms with Crippen molar-refractivity contribution in [2.45, 2.75) is 25.9 Å². The number of halogens is 4. The Kier molecular flexibility index (Phi) is 6.80. The molecule has 2 nitrogen and oxygen atoms in total. The summed E-state index contributed by atoms with van der Waals surface area (Å²) in [5.41, 5.74) is 2.68. The van der Waals surface area contributed by atoms with Crippen molar-refractivity contribution >= 4 is 0 Å². The summed E-state index contributed by atoms with van der Waals surface area (Å²) in [5.74, 6) is -2.71. The number of ether oxygens (including phenoxy) is 2. The maximum Gasteiger partial charge on any atom is 0.190 e. The van der Waals surface area contributed by atoms with Gasteiger partial charge in [0.25, 0.3) is 0 Å². The van der Waals surface area contributed by atoms with Crippen molar-refractivity contribution in [1.82, 2.24) is 0 Å². The van der Waals surface area contributed by atoms with Gasteiger partial charge in [-0.2, -0.15) is 0 Å². The quantitative estimate of drug-likeness (QED) is 0.372. The van der Waals surface area contributed by atoms with E-state index < -0.39 is 36.5 Å². The molecule has 0 amide bonds. The summed E-state index contributed by atoms with van der Waals surface area (Å²) in [6, 6.07) is 14.3. The summed E-state index contributed by atoms with van der Waals surface area (Å²) in [6.07, 6.45) is 2.19. The zero-order chi connectivity index (χ0) is 22.7. The fourth-order valence-electron chi connectivity index (χ4n) is 3.96. The topological polar surface area (TPSA) is 18.5 Å². The molecule has 1 heterocycles. The third-order valence-corrected chi connectivity index (χ3v) is 5.72. The predicted molar refractivity (Wildman–Crippen MR) is 116 cm³/mol. The van der Waals surface area contributed by atoms with Gasteiger partial charge in [0.05, 0.1) is 6.10 Å². The minimum atomic E-state index is -1.01. The van der Waals surface area contributed by atoms with E-state index in [2.05, 4.69) is 6.92 Å². The van der Waals surface area contributed by atoms with Gasteiger partial charge in [-0.1, -0.05) is 43.3 Å². The molecule has 4 rings (SSSR count). The molecule has 0 saturated carbocycles. The number of benzene rings is 3. The van der Waals surface area contributed by atoms with Gasteiger partial charge < -0.3 is 9.47 Å². The summed E-state index contributed by atoms with van der Waals surface area (Å²) >= 11 is 0. The molecule has 0 radical (unpaired) electrons. The highest BCUT2D eigenvalue weighted by Gasteiger charge is 2.20. The normalized spacial score (nSPS) is 18.5. The lowest BCUT2D eigenvalue weighted by atomic mass is 9.94. The van der Waals surface area contributed by atoms with Gasteiger partial charge in [-0.05, 0) is 59.2 Å². The smallest absolute Gasteiger partial charge is 0.190 e. The third kappa shape index (κ3) is 4.80. The first kappa shape index (κ1) is 22.3. The monoisotopic (exact) mass is 444 g/mol. The van der Waals surface area contributed by atoms with Crippen LogP contribution < -0.4 is 4.74 Å². The van der Waals surface area contributed by atoms with Gasteiger partial charge in [-0.3, -0.25) is 0 Å². The first-order valence-corrected chi connectivity index (χ1v) is 10.7. The fourth-order valence-corrected chi connectivity index (χ4v) is 3.96. The van der Waals surface area contributed by atoms with Crippen molar-refractivity contribution in [1.29, 1.82) is 0 Å². The molecule has 32 heavy (non-hydrogen) atoms. The minimum absolute atomic E-state index is 0.0377. The van der Waals surface area contributed by atoms with Crippen molar-refractivity contribution in [2.24, 2.45) is 5.92 Å². The first-order valence-electron chi connectivity index (χ1n) is 10.7. The van der Waals surface area contributed by atoms with Gasteiger partial charge in [0.15, 0.2) is 17.4 Å². The molecule has 1 fully saturated rings. The Labute approximate surface area is 184 Å². The molecule has 0 bridgehead atoms. The third-order valence-electron chi connectivity index (χ3n) is 5.72. The van der Waals surface area contributed by atoms with Gasteiger partial charge in [0.1, 0.15) is 19.1 Å². The standard InChI is InChI=1S/C26H24F4O2/c1-16-2-9-25(32-15-16)18-5-3-17(4-6-18)19-7-8-21(22(28)12-19)20-13-23(29)26(24(30)14-20)31-11-10-27/h3-8,12-14,16,25H,2,9-11,15H2,1H3. The molecule has 6 heteroatoms. The maximum atomic E-state index is 14.8. The van der Waals surface area contributed by atoms with Crippen molar-refractivity contribution in [3.8, 4) is 28.0 Å². The Morgan fingerprint density at radius 2 is 1.50 bits per heavy atom. The molecule has 0 aromatic heterocycles. The molecule has 0 aliphatic carbocycles. The van der Waals surface area contributed by atoms with Crippen LogP contribution in [-0.4, -0.2) is 19.9 Å². The summed E-state index contributed by atoms with van der Waals surface area (Å²) < 4.78 is 66.1. The van der Waals surface area contributed by atoms with E-state index >= 15 is 0 Å². The average Bonchev–Trinajstić information content (AvgIpc) is 2.79. The summed E-state index contributed by atoms with van der Waals surface area (Å²) in [7, 11) is 0. The molecular weight excluding hydrogens is 420 g/mol. The van der Waals surface area contributed by atoms with Crippen molar-refractivity contribution in [3.05, 3.63) is 77.6 Å². The molecule has 3 aromatic carbocycles. The van der Waals surface area contributed by atoms with Crippen LogP contribution in [0.5, 0.6) is 5.75 Å². The van der Waals surface area contributed by atoms with Gasteiger partial charge in [0.2, 0.25) is 0 Å². The molecule has 168 valence electrons. The van der Waals surface area contributed by atoms with Crippen molar-refractivity contribution in [3.63, 3.8) is 0 Å². The molecule has 1 saturated heterocycles. The van der Waals surface area contributed by atoms with E-state index in [0.717, 1.165) is 42.7 Å². The molecule has 0 spiro atoms. The summed E-state index contributed by atoms with van der Waals surface area (Å²) in [4.78, 5) is 0. The van der Waals surface area contributed by atoms with Crippen LogP contribution >= 0.6 is 0 Å². The second kappa shape index (κ2) is 9.74. The summed E-state index contributed by atoms with van der Waals surface area (Å²) in [5, 5.41) is 0. The van der Waals surface area contributed by atoms with Crippen molar-refractivity contribution in [2.75, 3.05) is 19.9 Å². The Morgan fingerprint density at radius 3 is 2.09 bits per heavy atom. The molecule has 1 aliphatic heterocycles. The molecule has 1 aliphatic rings. The van der Waals surface area contributed by atoms with Gasteiger partial charge in [-0.25, -0.2) is 17.6 Å². The van der Waals surface area contributed by atoms with Crippen LogP contribution in [0.2, 0.25) is 0 Å². The Balaban J connectivity index is 1.55. The van der Waals surface area contributed by atoms with Gasteiger partial charge in [-0.15, -0.1) is 0 Å². The first-order chi connectivity index (χ1) is 15.5. The number of hydrogen-bond donors (Lipinski definition) is 0. The number of rotatable bonds is 6. The van der Waals surface area contributed by atoms with Crippen LogP contribution in [0.15, 0.2) is 54.6 Å². The molecule has 3 aromatic rings. The highest BCUT2D eigenvalue weighted by Crippen LogP contribution is 2.34. The minimum Gasteiger partial charge on any atom is -0.485 e. The van der Waals surface area contributed by atoms with Crippen LogP contribution in [0.25, 0.3) is 22.3 Å². The predicted octanol–water partition coefficient (Wildman–Crippen LogP) is 7.27. The second-order valence-electron chi connectivity index (χ2n) is 8.13. The second-order valence-corrected chi connectivity index (χ2v) is 8.13. The number of hydrogen-bond acceptors (Lipinski definition) is 2. The van der Waals surface area contributed by atoms with E-state index in [9.17, 15) is 17.6 Å². The van der Waals surface area contributed by atoms with E-state index in [1.54, 1.807) is 6.07 Å². The zero-order valence-electron chi connectivity index (χ0n) is 17.7. The van der Waals surface area contributed by atoms with Gasteiger partial charge >= 0.3 is 0 Å². The lowest BCUT2D eigenvalue weighted by molar-refractivity contribution is -0.0123. The van der Waals surface area contributed by atoms with E-state index in [4.69, 9.17) is 9.47 Å². The maximum absolute atomic E-state index is 14.8. The molecule has 2 unspecified atom stereocenters. The summed E-state index contributed by atoms with van der Waals surface area (Å²) in [6.45, 7) is 1.60. The highest BCUT2D eigenvalue weighted by molar-refractivity contribution is 5.71. The largest absolute Gasteiger partial charge is 0.485 e. The lowest BCUT2D eigenvalue weighted by Crippen LogP contribution is -2.18. The van der Waals surface area contributed by atoms with Crippen LogP contribution in [0.4, 0.5) is 17.6 Å². The molecule has 0 N–H and O–H groups in total. The van der Waals surface area contributed by atoms with Crippen molar-refractivity contribution < 1.29 is 27.0 Å².